The number of aliphatic hydroxyl groups excluding tert-OH is 3. The van der Waals surface area contributed by atoms with E-state index >= 15 is 0 Å². The summed E-state index contributed by atoms with van der Waals surface area (Å²) >= 11 is 4.14. The standard InChI is InChI=1S/C12H16N3O4S2/c13-11(15-14)6-3-1-2-4-7(6)12(21-20)10(18)9(17)8(16)5-19-12/h1,3-4,8-10,16-18,20H,5,14H2,(H2,13,15)/t8-,9+,10-,12-/m1/s1. The number of hydrazine groups is 1. The average molecular weight is 330 g/mol. The van der Waals surface area contributed by atoms with E-state index in [2.05, 4.69) is 23.2 Å². The van der Waals surface area contributed by atoms with Gasteiger partial charge in [0.05, 0.1) is 6.61 Å². The molecule has 0 saturated carbocycles. The number of thiol groups is 1. The van der Waals surface area contributed by atoms with Crippen molar-refractivity contribution in [2.45, 2.75) is 23.2 Å². The lowest BCUT2D eigenvalue weighted by molar-refractivity contribution is -0.204. The van der Waals surface area contributed by atoms with Gasteiger partial charge in [-0.15, -0.1) is 11.7 Å². The van der Waals surface area contributed by atoms with E-state index in [1.807, 2.05) is 0 Å². The van der Waals surface area contributed by atoms with Crippen LogP contribution in [-0.2, 0) is 9.67 Å². The summed E-state index contributed by atoms with van der Waals surface area (Å²) in [6, 6.07) is 7.53. The predicted octanol–water partition coefficient (Wildman–Crippen LogP) is -0.881. The van der Waals surface area contributed by atoms with Crippen molar-refractivity contribution in [1.82, 2.24) is 5.43 Å². The Bertz CT molecular complexity index is 533. The largest absolute Gasteiger partial charge is 0.388 e. The zero-order chi connectivity index (χ0) is 15.6. The summed E-state index contributed by atoms with van der Waals surface area (Å²) in [4.78, 5) is -1.45. The van der Waals surface area contributed by atoms with Gasteiger partial charge in [0.15, 0.2) is 4.93 Å². The van der Waals surface area contributed by atoms with Gasteiger partial charge < -0.3 is 25.5 Å². The predicted molar refractivity (Wildman–Crippen MR) is 81.7 cm³/mol. The second-order valence-corrected chi connectivity index (χ2v) is 5.90. The van der Waals surface area contributed by atoms with Crippen LogP contribution in [0.1, 0.15) is 11.1 Å². The molecule has 1 fully saturated rings. The Kier molecular flexibility index (Phi) is 5.15. The van der Waals surface area contributed by atoms with Crippen molar-refractivity contribution in [2.75, 3.05) is 6.61 Å². The third-order valence-electron chi connectivity index (χ3n) is 3.36. The van der Waals surface area contributed by atoms with Gasteiger partial charge in [0, 0.05) is 11.1 Å². The van der Waals surface area contributed by atoms with E-state index in [0.717, 1.165) is 10.8 Å². The van der Waals surface area contributed by atoms with Crippen LogP contribution in [0, 0.1) is 11.5 Å². The van der Waals surface area contributed by atoms with Crippen molar-refractivity contribution >= 4 is 28.3 Å². The highest BCUT2D eigenvalue weighted by molar-refractivity contribution is 8.68. The molecule has 0 unspecified atom stereocenters. The summed E-state index contributed by atoms with van der Waals surface area (Å²) in [5.41, 5.74) is 2.98. The Labute approximate surface area is 130 Å². The van der Waals surface area contributed by atoms with E-state index in [4.69, 9.17) is 16.0 Å². The highest BCUT2D eigenvalue weighted by Crippen LogP contribution is 2.47. The number of ether oxygens (including phenoxy) is 1. The number of nitrogens with two attached hydrogens (primary N) is 1. The van der Waals surface area contributed by atoms with Crippen LogP contribution in [0.4, 0.5) is 0 Å². The number of hydrogen-bond acceptors (Lipinski definition) is 8. The van der Waals surface area contributed by atoms with Crippen molar-refractivity contribution in [3.8, 4) is 0 Å². The fourth-order valence-electron chi connectivity index (χ4n) is 2.21. The van der Waals surface area contributed by atoms with Crippen LogP contribution < -0.4 is 11.3 Å². The first-order valence-electron chi connectivity index (χ1n) is 6.04. The van der Waals surface area contributed by atoms with Crippen LogP contribution in [-0.4, -0.2) is 46.1 Å². The van der Waals surface area contributed by atoms with E-state index in [0.29, 0.717) is 11.1 Å². The lowest BCUT2D eigenvalue weighted by atomic mass is 9.90. The molecule has 0 bridgehead atoms. The number of aliphatic hydroxyl groups is 3. The van der Waals surface area contributed by atoms with Crippen LogP contribution in [0.3, 0.4) is 0 Å². The summed E-state index contributed by atoms with van der Waals surface area (Å²) in [7, 11) is 0.868. The summed E-state index contributed by atoms with van der Waals surface area (Å²) in [5, 5.41) is 37.7. The minimum Gasteiger partial charge on any atom is -0.388 e. The van der Waals surface area contributed by atoms with Crippen LogP contribution >= 0.6 is 22.5 Å². The molecule has 7 nitrogen and oxygen atoms in total. The van der Waals surface area contributed by atoms with Gasteiger partial charge in [-0.2, -0.15) is 0 Å². The van der Waals surface area contributed by atoms with Gasteiger partial charge in [0.2, 0.25) is 0 Å². The molecule has 1 heterocycles. The van der Waals surface area contributed by atoms with Crippen molar-refractivity contribution in [1.29, 1.82) is 5.41 Å². The smallest absolute Gasteiger partial charge is 0.177 e. The van der Waals surface area contributed by atoms with E-state index in [1.54, 1.807) is 12.1 Å². The zero-order valence-electron chi connectivity index (χ0n) is 10.9. The van der Waals surface area contributed by atoms with Crippen LogP contribution in [0.15, 0.2) is 18.2 Å². The maximum absolute atomic E-state index is 10.3. The molecule has 1 aliphatic heterocycles. The van der Waals surface area contributed by atoms with E-state index < -0.39 is 23.2 Å². The Morgan fingerprint density at radius 2 is 2.29 bits per heavy atom. The molecule has 1 aliphatic rings. The molecule has 2 rings (SSSR count). The molecule has 1 aromatic rings. The Morgan fingerprint density at radius 3 is 2.90 bits per heavy atom. The van der Waals surface area contributed by atoms with Crippen molar-refractivity contribution in [3.05, 3.63) is 35.4 Å². The summed E-state index contributed by atoms with van der Waals surface area (Å²) in [6.45, 7) is -0.177. The molecule has 4 atom stereocenters. The molecule has 9 heteroatoms. The highest BCUT2D eigenvalue weighted by Gasteiger charge is 2.52. The first kappa shape index (κ1) is 16.6. The van der Waals surface area contributed by atoms with Gasteiger partial charge in [-0.3, -0.25) is 5.41 Å². The van der Waals surface area contributed by atoms with Gasteiger partial charge in [0.25, 0.3) is 0 Å². The van der Waals surface area contributed by atoms with Crippen LogP contribution in [0.2, 0.25) is 0 Å². The first-order valence-corrected chi connectivity index (χ1v) is 7.91. The van der Waals surface area contributed by atoms with Crippen molar-refractivity contribution in [3.63, 3.8) is 0 Å². The fraction of sp³-hybridized carbons (Fsp3) is 0.417. The van der Waals surface area contributed by atoms with E-state index in [1.165, 1.54) is 6.07 Å². The van der Waals surface area contributed by atoms with E-state index in [9.17, 15) is 15.3 Å². The number of amidine groups is 1. The minimum atomic E-state index is -1.45. The van der Waals surface area contributed by atoms with Crippen LogP contribution in [0.25, 0.3) is 0 Å². The first-order chi connectivity index (χ1) is 9.97. The lowest BCUT2D eigenvalue weighted by Crippen LogP contribution is -2.57. The monoisotopic (exact) mass is 330 g/mol. The van der Waals surface area contributed by atoms with Gasteiger partial charge in [-0.1, -0.05) is 22.9 Å². The fourth-order valence-corrected chi connectivity index (χ4v) is 3.62. The second kappa shape index (κ2) is 6.53. The maximum atomic E-state index is 10.3. The molecule has 1 radical (unpaired) electrons. The van der Waals surface area contributed by atoms with Crippen molar-refractivity contribution in [2.24, 2.45) is 5.84 Å². The number of nitrogens with one attached hydrogen (secondary N) is 2. The molecule has 0 spiro atoms. The number of benzene rings is 1. The quantitative estimate of drug-likeness (QED) is 0.0956. The molecular formula is C12H16N3O4S2. The van der Waals surface area contributed by atoms with E-state index in [-0.39, 0.29) is 12.4 Å². The topological polar surface area (TPSA) is 132 Å². The second-order valence-electron chi connectivity index (χ2n) is 4.56. The summed E-state index contributed by atoms with van der Waals surface area (Å²) in [5.74, 6) is 5.18. The van der Waals surface area contributed by atoms with Crippen molar-refractivity contribution < 1.29 is 20.1 Å². The SMILES string of the molecule is N=C(NN)c1cc[c]cc1[C@]1(SS)OC[C@@H](O)[C@H](O)[C@H]1O. The zero-order valence-corrected chi connectivity index (χ0v) is 12.6. The molecule has 21 heavy (non-hydrogen) atoms. The Hall–Kier alpha value is -0.810. The molecule has 115 valence electrons. The molecule has 1 saturated heterocycles. The van der Waals surface area contributed by atoms with Gasteiger partial charge in [0.1, 0.15) is 24.1 Å². The molecule has 0 aromatic heterocycles. The third kappa shape index (κ3) is 2.78. The van der Waals surface area contributed by atoms with Gasteiger partial charge >= 0.3 is 0 Å². The molecular weight excluding hydrogens is 314 g/mol. The normalized spacial score (nSPS) is 32.7. The maximum Gasteiger partial charge on any atom is 0.177 e. The lowest BCUT2D eigenvalue weighted by Gasteiger charge is -2.44. The van der Waals surface area contributed by atoms with Crippen LogP contribution in [0.5, 0.6) is 0 Å². The highest BCUT2D eigenvalue weighted by atomic mass is 33.1. The molecule has 0 aliphatic carbocycles. The molecule has 0 amide bonds. The molecule has 1 aromatic carbocycles. The summed E-state index contributed by atoms with van der Waals surface area (Å²) < 4.78 is 5.57. The Balaban J connectivity index is 2.54. The van der Waals surface area contributed by atoms with Gasteiger partial charge in [-0.25, -0.2) is 5.84 Å². The number of hydrogen-bond donors (Lipinski definition) is 7. The van der Waals surface area contributed by atoms with Gasteiger partial charge in [-0.05, 0) is 12.1 Å². The minimum absolute atomic E-state index is 0.0860. The third-order valence-corrected chi connectivity index (χ3v) is 5.03. The number of rotatable bonds is 3. The molecule has 7 N–H and O–H groups in total. The Morgan fingerprint density at radius 1 is 1.57 bits per heavy atom. The average Bonchev–Trinajstić information content (AvgIpc) is 2.53. The summed E-state index contributed by atoms with van der Waals surface area (Å²) in [6.07, 6.45) is -4.04.